The Balaban J connectivity index is 1.52. The van der Waals surface area contributed by atoms with Crippen LogP contribution in [0.2, 0.25) is 0 Å². The summed E-state index contributed by atoms with van der Waals surface area (Å²) < 4.78 is 9.39. The monoisotopic (exact) mass is 468 g/mol. The molecule has 0 aliphatic heterocycles. The molecule has 0 N–H and O–H groups in total. The van der Waals surface area contributed by atoms with Gasteiger partial charge in [-0.3, -0.25) is 0 Å². The molecule has 0 bridgehead atoms. The lowest BCUT2D eigenvalue weighted by atomic mass is 10.1. The van der Waals surface area contributed by atoms with Crippen molar-refractivity contribution in [2.75, 3.05) is 0 Å². The maximum Gasteiger partial charge on any atom is 0.114 e. The van der Waals surface area contributed by atoms with Gasteiger partial charge in [0, 0.05) is 30.6 Å². The molecule has 5 heteroatoms. The van der Waals surface area contributed by atoms with E-state index in [9.17, 15) is 0 Å². The molecule has 0 atom stereocenters. The van der Waals surface area contributed by atoms with Crippen LogP contribution in [-0.2, 0) is 12.8 Å². The molecule has 0 aliphatic rings. The summed E-state index contributed by atoms with van der Waals surface area (Å²) >= 11 is 5.17. The van der Waals surface area contributed by atoms with Gasteiger partial charge >= 0.3 is 0 Å². The minimum absolute atomic E-state index is 1.06. The van der Waals surface area contributed by atoms with E-state index in [4.69, 9.17) is 8.75 Å². The summed E-state index contributed by atoms with van der Waals surface area (Å²) in [6.07, 6.45) is 12.9. The summed E-state index contributed by atoms with van der Waals surface area (Å²) in [5.41, 5.74) is 4.57. The first-order chi connectivity index (χ1) is 15.3. The second-order valence-electron chi connectivity index (χ2n) is 8.28. The zero-order chi connectivity index (χ0) is 21.5. The van der Waals surface area contributed by atoms with E-state index < -0.39 is 0 Å². The molecular formula is C26H32N2S3. The lowest BCUT2D eigenvalue weighted by Gasteiger charge is -2.04. The van der Waals surface area contributed by atoms with Crippen molar-refractivity contribution in [3.05, 3.63) is 46.2 Å². The number of nitrogens with zero attached hydrogens (tertiary/aromatic N) is 2. The standard InChI is InChI=1S/C26H32N2S3/c1-3-5-7-9-11-19-13-17-23(29-19)21-15-16-22(26-25(21)27-31-28-26)24-18-14-20(30-24)12-10-8-6-4-2/h13-18H,3-12H2,1-2H3. The first-order valence-electron chi connectivity index (χ1n) is 11.7. The summed E-state index contributed by atoms with van der Waals surface area (Å²) in [4.78, 5) is 5.60. The lowest BCUT2D eigenvalue weighted by molar-refractivity contribution is 0.670. The Morgan fingerprint density at radius 3 is 1.52 bits per heavy atom. The van der Waals surface area contributed by atoms with Gasteiger partial charge in [0.05, 0.1) is 11.7 Å². The topological polar surface area (TPSA) is 25.8 Å². The van der Waals surface area contributed by atoms with Gasteiger partial charge in [-0.25, -0.2) is 0 Å². The number of fused-ring (bicyclic) bond motifs is 1. The predicted octanol–water partition coefficient (Wildman–Crippen LogP) is 9.39. The fourth-order valence-corrected chi connectivity index (χ4v) is 6.76. The molecule has 2 nitrogen and oxygen atoms in total. The van der Waals surface area contributed by atoms with Crippen molar-refractivity contribution in [2.45, 2.75) is 78.1 Å². The van der Waals surface area contributed by atoms with Crippen molar-refractivity contribution < 1.29 is 0 Å². The number of unbranched alkanes of at least 4 members (excludes halogenated alkanes) is 6. The van der Waals surface area contributed by atoms with Crippen LogP contribution in [0.1, 0.15) is 75.0 Å². The highest BCUT2D eigenvalue weighted by Gasteiger charge is 2.16. The molecule has 0 unspecified atom stereocenters. The van der Waals surface area contributed by atoms with E-state index >= 15 is 0 Å². The zero-order valence-electron chi connectivity index (χ0n) is 18.7. The number of aryl methyl sites for hydroxylation is 2. The fraction of sp³-hybridized carbons (Fsp3) is 0.462. The second kappa shape index (κ2) is 11.3. The van der Waals surface area contributed by atoms with Gasteiger partial charge in [0.1, 0.15) is 11.0 Å². The number of benzene rings is 1. The first kappa shape index (κ1) is 22.6. The summed E-state index contributed by atoms with van der Waals surface area (Å²) in [6, 6.07) is 13.7. The van der Waals surface area contributed by atoms with Gasteiger partial charge < -0.3 is 0 Å². The van der Waals surface area contributed by atoms with Gasteiger partial charge in [0.25, 0.3) is 0 Å². The van der Waals surface area contributed by atoms with Gasteiger partial charge in [-0.2, -0.15) is 8.75 Å². The van der Waals surface area contributed by atoms with Gasteiger partial charge in [0.15, 0.2) is 0 Å². The first-order valence-corrected chi connectivity index (χ1v) is 14.1. The smallest absolute Gasteiger partial charge is 0.114 e. The molecule has 31 heavy (non-hydrogen) atoms. The molecule has 0 fully saturated rings. The SMILES string of the molecule is CCCCCCc1ccc(-c2ccc(-c3ccc(CCCCCC)s3)c3nsnc23)s1. The maximum atomic E-state index is 4.70. The number of rotatable bonds is 12. The molecule has 164 valence electrons. The average molecular weight is 469 g/mol. The third-order valence-corrected chi connectivity index (χ3v) is 8.71. The van der Waals surface area contributed by atoms with E-state index in [-0.39, 0.29) is 0 Å². The highest BCUT2D eigenvalue weighted by atomic mass is 32.1. The van der Waals surface area contributed by atoms with Crippen LogP contribution in [0.3, 0.4) is 0 Å². The Kier molecular flexibility index (Phi) is 8.28. The molecule has 0 saturated carbocycles. The molecular weight excluding hydrogens is 437 g/mol. The molecule has 4 aromatic rings. The van der Waals surface area contributed by atoms with Crippen molar-refractivity contribution in [3.8, 4) is 20.9 Å². The number of thiophene rings is 2. The van der Waals surface area contributed by atoms with E-state index in [1.54, 1.807) is 0 Å². The highest BCUT2D eigenvalue weighted by molar-refractivity contribution is 7.16. The van der Waals surface area contributed by atoms with Crippen molar-refractivity contribution in [1.82, 2.24) is 8.75 Å². The van der Waals surface area contributed by atoms with Gasteiger partial charge in [-0.1, -0.05) is 64.5 Å². The molecule has 0 aliphatic carbocycles. The van der Waals surface area contributed by atoms with Gasteiger partial charge in [-0.15, -0.1) is 22.7 Å². The largest absolute Gasteiger partial charge is 0.172 e. The minimum Gasteiger partial charge on any atom is -0.172 e. The Hall–Kier alpha value is -1.56. The van der Waals surface area contributed by atoms with Crippen LogP contribution in [0.25, 0.3) is 31.9 Å². The van der Waals surface area contributed by atoms with Crippen LogP contribution in [0.15, 0.2) is 36.4 Å². The fourth-order valence-electron chi connectivity index (χ4n) is 4.03. The molecule has 4 rings (SSSR count). The Morgan fingerprint density at radius 1 is 0.581 bits per heavy atom. The van der Waals surface area contributed by atoms with E-state index in [0.29, 0.717) is 0 Å². The molecule has 0 saturated heterocycles. The van der Waals surface area contributed by atoms with Crippen LogP contribution in [0.4, 0.5) is 0 Å². The third kappa shape index (κ3) is 5.63. The minimum atomic E-state index is 1.06. The van der Waals surface area contributed by atoms with Crippen molar-refractivity contribution >= 4 is 45.4 Å². The maximum absolute atomic E-state index is 4.70. The summed E-state index contributed by atoms with van der Waals surface area (Å²) in [5, 5.41) is 0. The number of hydrogen-bond acceptors (Lipinski definition) is 5. The van der Waals surface area contributed by atoms with Crippen LogP contribution in [0, 0.1) is 0 Å². The van der Waals surface area contributed by atoms with Crippen molar-refractivity contribution in [3.63, 3.8) is 0 Å². The van der Waals surface area contributed by atoms with E-state index in [0.717, 1.165) is 11.0 Å². The van der Waals surface area contributed by atoms with Crippen LogP contribution >= 0.6 is 34.4 Å². The molecule has 0 amide bonds. The Morgan fingerprint density at radius 2 is 1.06 bits per heavy atom. The zero-order valence-corrected chi connectivity index (χ0v) is 21.1. The summed E-state index contributed by atoms with van der Waals surface area (Å²) in [7, 11) is 0. The summed E-state index contributed by atoms with van der Waals surface area (Å²) in [6.45, 7) is 4.54. The van der Waals surface area contributed by atoms with Crippen molar-refractivity contribution in [1.29, 1.82) is 0 Å². The van der Waals surface area contributed by atoms with E-state index in [1.807, 2.05) is 22.7 Å². The van der Waals surface area contributed by atoms with E-state index in [2.05, 4.69) is 50.2 Å². The predicted molar refractivity (Wildman–Crippen MR) is 140 cm³/mol. The number of hydrogen-bond donors (Lipinski definition) is 0. The molecule has 0 radical (unpaired) electrons. The summed E-state index contributed by atoms with van der Waals surface area (Å²) in [5.74, 6) is 0. The Labute approximate surface area is 198 Å². The highest BCUT2D eigenvalue weighted by Crippen LogP contribution is 2.39. The normalized spacial score (nSPS) is 11.5. The Bertz CT molecular complexity index is 1000. The van der Waals surface area contributed by atoms with Crippen LogP contribution in [-0.4, -0.2) is 8.75 Å². The molecule has 0 spiro atoms. The molecule has 3 aromatic heterocycles. The third-order valence-electron chi connectivity index (χ3n) is 5.82. The average Bonchev–Trinajstić information content (AvgIpc) is 3.54. The molecule has 3 heterocycles. The quantitative estimate of drug-likeness (QED) is 0.193. The van der Waals surface area contributed by atoms with Gasteiger partial charge in [-0.05, 0) is 49.9 Å². The van der Waals surface area contributed by atoms with E-state index in [1.165, 1.54) is 107 Å². The van der Waals surface area contributed by atoms with Crippen LogP contribution in [0.5, 0.6) is 0 Å². The molecule has 1 aromatic carbocycles. The van der Waals surface area contributed by atoms with Crippen LogP contribution < -0.4 is 0 Å². The second-order valence-corrected chi connectivity index (χ2v) is 11.1. The number of aromatic nitrogens is 2. The van der Waals surface area contributed by atoms with Gasteiger partial charge in [0.2, 0.25) is 0 Å². The van der Waals surface area contributed by atoms with Crippen molar-refractivity contribution in [2.24, 2.45) is 0 Å². The lowest BCUT2D eigenvalue weighted by Crippen LogP contribution is -1.82.